The summed E-state index contributed by atoms with van der Waals surface area (Å²) in [5.41, 5.74) is 0.587. The molecule has 0 aromatic heterocycles. The minimum absolute atomic E-state index is 0.587. The predicted molar refractivity (Wildman–Crippen MR) is 57.6 cm³/mol. The zero-order valence-electron chi connectivity index (χ0n) is 8.63. The third kappa shape index (κ3) is 2.04. The van der Waals surface area contributed by atoms with Gasteiger partial charge in [-0.25, -0.2) is 0 Å². The number of rotatable bonds is 0. The van der Waals surface area contributed by atoms with E-state index in [4.69, 9.17) is 0 Å². The van der Waals surface area contributed by atoms with Gasteiger partial charge in [0.05, 0.1) is 0 Å². The number of allylic oxidation sites excluding steroid dienone is 4. The van der Waals surface area contributed by atoms with Crippen LogP contribution in [0, 0.1) is 11.3 Å². The first kappa shape index (κ1) is 9.05. The largest absolute Gasteiger partial charge is 0.0845 e. The van der Waals surface area contributed by atoms with Crippen molar-refractivity contribution >= 4 is 0 Å². The Labute approximate surface area is 81.7 Å². The van der Waals surface area contributed by atoms with Crippen molar-refractivity contribution in [2.75, 3.05) is 0 Å². The van der Waals surface area contributed by atoms with E-state index in [1.54, 1.807) is 0 Å². The van der Waals surface area contributed by atoms with E-state index in [-0.39, 0.29) is 0 Å². The van der Waals surface area contributed by atoms with Crippen LogP contribution in [0.4, 0.5) is 0 Å². The lowest BCUT2D eigenvalue weighted by atomic mass is 9.79. The van der Waals surface area contributed by atoms with Crippen molar-refractivity contribution in [1.82, 2.24) is 0 Å². The van der Waals surface area contributed by atoms with E-state index in [1.807, 2.05) is 0 Å². The number of hydrogen-bond donors (Lipinski definition) is 0. The zero-order valence-corrected chi connectivity index (χ0v) is 8.63. The molecule has 0 saturated heterocycles. The average Bonchev–Trinajstić information content (AvgIpc) is 2.42. The van der Waals surface area contributed by atoms with Gasteiger partial charge in [-0.3, -0.25) is 0 Å². The summed E-state index contributed by atoms with van der Waals surface area (Å²) in [5, 5.41) is 0. The molecule has 0 heterocycles. The first-order valence-electron chi connectivity index (χ1n) is 5.65. The van der Waals surface area contributed by atoms with E-state index >= 15 is 0 Å². The maximum absolute atomic E-state index is 2.48. The molecule has 0 aliphatic heterocycles. The van der Waals surface area contributed by atoms with Gasteiger partial charge in [-0.15, -0.1) is 0 Å². The lowest BCUT2D eigenvalue weighted by molar-refractivity contribution is 0.340. The fourth-order valence-electron chi connectivity index (χ4n) is 2.90. The smallest absolute Gasteiger partial charge is 0.0112 e. The van der Waals surface area contributed by atoms with E-state index in [9.17, 15) is 0 Å². The van der Waals surface area contributed by atoms with Gasteiger partial charge in [-0.1, -0.05) is 31.2 Å². The van der Waals surface area contributed by atoms with Crippen LogP contribution in [-0.4, -0.2) is 0 Å². The Balaban J connectivity index is 2.11. The topological polar surface area (TPSA) is 0 Å². The van der Waals surface area contributed by atoms with Gasteiger partial charge in [-0.2, -0.15) is 0 Å². The van der Waals surface area contributed by atoms with Gasteiger partial charge in [0.15, 0.2) is 0 Å². The summed E-state index contributed by atoms with van der Waals surface area (Å²) in [6.07, 6.45) is 17.6. The highest BCUT2D eigenvalue weighted by Crippen LogP contribution is 2.46. The molecule has 1 saturated carbocycles. The van der Waals surface area contributed by atoms with Crippen LogP contribution < -0.4 is 0 Å². The van der Waals surface area contributed by atoms with Crippen LogP contribution in [-0.2, 0) is 0 Å². The molecular weight excluding hydrogens is 156 g/mol. The lowest BCUT2D eigenvalue weighted by Gasteiger charge is -2.26. The van der Waals surface area contributed by atoms with Gasteiger partial charge in [0.25, 0.3) is 0 Å². The van der Waals surface area contributed by atoms with Crippen LogP contribution in [0.3, 0.4) is 0 Å². The van der Waals surface area contributed by atoms with Crippen molar-refractivity contribution in [1.29, 1.82) is 0 Å². The van der Waals surface area contributed by atoms with Crippen LogP contribution in [0.15, 0.2) is 24.3 Å². The summed E-state index contributed by atoms with van der Waals surface area (Å²) in [6.45, 7) is 2.40. The van der Waals surface area contributed by atoms with Gasteiger partial charge >= 0.3 is 0 Å². The molecule has 0 radical (unpaired) electrons. The minimum Gasteiger partial charge on any atom is -0.0845 e. The quantitative estimate of drug-likeness (QED) is 0.521. The Kier molecular flexibility index (Phi) is 2.57. The summed E-state index contributed by atoms with van der Waals surface area (Å²) in [5.74, 6) is 0.952. The van der Waals surface area contributed by atoms with Crippen LogP contribution in [0.1, 0.15) is 45.4 Å². The van der Waals surface area contributed by atoms with Crippen LogP contribution in [0.25, 0.3) is 0 Å². The average molecular weight is 176 g/mol. The van der Waals surface area contributed by atoms with Crippen molar-refractivity contribution in [2.24, 2.45) is 11.3 Å². The zero-order chi connectivity index (χ0) is 9.15. The standard InChI is InChI=1S/C13H20/c1-12-7-10-13(11-12)8-5-3-2-4-6-9-13/h2-3,5,8,12H,4,6-7,9-11H2,1H3. The highest BCUT2D eigenvalue weighted by molar-refractivity contribution is 5.12. The first-order valence-corrected chi connectivity index (χ1v) is 5.65. The second kappa shape index (κ2) is 3.69. The van der Waals surface area contributed by atoms with Crippen molar-refractivity contribution in [3.05, 3.63) is 24.3 Å². The minimum atomic E-state index is 0.587. The molecule has 0 nitrogen and oxygen atoms in total. The van der Waals surface area contributed by atoms with Gasteiger partial charge in [0.2, 0.25) is 0 Å². The van der Waals surface area contributed by atoms with Crippen molar-refractivity contribution in [3.63, 3.8) is 0 Å². The Morgan fingerprint density at radius 1 is 1.23 bits per heavy atom. The van der Waals surface area contributed by atoms with E-state index in [1.165, 1.54) is 38.5 Å². The van der Waals surface area contributed by atoms with Crippen molar-refractivity contribution in [3.8, 4) is 0 Å². The van der Waals surface area contributed by atoms with E-state index in [0.717, 1.165) is 5.92 Å². The molecule has 1 fully saturated rings. The molecule has 1 spiro atoms. The van der Waals surface area contributed by atoms with E-state index in [0.29, 0.717) is 5.41 Å². The molecule has 72 valence electrons. The van der Waals surface area contributed by atoms with E-state index < -0.39 is 0 Å². The van der Waals surface area contributed by atoms with Crippen LogP contribution >= 0.6 is 0 Å². The maximum Gasteiger partial charge on any atom is -0.0112 e. The first-order chi connectivity index (χ1) is 6.31. The molecule has 0 heteroatoms. The van der Waals surface area contributed by atoms with Gasteiger partial charge < -0.3 is 0 Å². The molecule has 0 bridgehead atoms. The SMILES string of the molecule is CC1CCC2(C=CC=CCCC2)C1. The van der Waals surface area contributed by atoms with Crippen molar-refractivity contribution in [2.45, 2.75) is 45.4 Å². The molecule has 2 unspecified atom stereocenters. The number of hydrogen-bond acceptors (Lipinski definition) is 0. The van der Waals surface area contributed by atoms with Gasteiger partial charge in [0, 0.05) is 0 Å². The van der Waals surface area contributed by atoms with Crippen LogP contribution in [0.2, 0.25) is 0 Å². The summed E-state index contributed by atoms with van der Waals surface area (Å²) in [7, 11) is 0. The van der Waals surface area contributed by atoms with Crippen LogP contribution in [0.5, 0.6) is 0 Å². The van der Waals surface area contributed by atoms with E-state index in [2.05, 4.69) is 31.2 Å². The Morgan fingerprint density at radius 3 is 2.92 bits per heavy atom. The highest BCUT2D eigenvalue weighted by Gasteiger charge is 2.34. The third-order valence-electron chi connectivity index (χ3n) is 3.63. The summed E-state index contributed by atoms with van der Waals surface area (Å²) in [4.78, 5) is 0. The predicted octanol–water partition coefficient (Wildman–Crippen LogP) is 4.09. The second-order valence-electron chi connectivity index (χ2n) is 4.89. The molecule has 0 aromatic rings. The van der Waals surface area contributed by atoms with Gasteiger partial charge in [0.1, 0.15) is 0 Å². The second-order valence-corrected chi connectivity index (χ2v) is 4.89. The molecule has 0 amide bonds. The molecule has 2 atom stereocenters. The Morgan fingerprint density at radius 2 is 2.15 bits per heavy atom. The monoisotopic (exact) mass is 176 g/mol. The molecule has 2 aliphatic rings. The normalized spacial score (nSPS) is 39.3. The summed E-state index contributed by atoms with van der Waals surface area (Å²) in [6, 6.07) is 0. The Bertz CT molecular complexity index is 224. The molecule has 0 N–H and O–H groups in total. The molecule has 2 aliphatic carbocycles. The molecule has 0 aromatic carbocycles. The summed E-state index contributed by atoms with van der Waals surface area (Å²) < 4.78 is 0. The molecule has 2 rings (SSSR count). The lowest BCUT2D eigenvalue weighted by Crippen LogP contribution is -2.13. The van der Waals surface area contributed by atoms with Crippen molar-refractivity contribution < 1.29 is 0 Å². The fourth-order valence-corrected chi connectivity index (χ4v) is 2.90. The summed E-state index contributed by atoms with van der Waals surface area (Å²) >= 11 is 0. The maximum atomic E-state index is 2.48. The third-order valence-corrected chi connectivity index (χ3v) is 3.63. The fraction of sp³-hybridized carbons (Fsp3) is 0.692. The molecule has 13 heavy (non-hydrogen) atoms. The van der Waals surface area contributed by atoms with Gasteiger partial charge in [-0.05, 0) is 49.9 Å². The molecular formula is C13H20. The highest BCUT2D eigenvalue weighted by atomic mass is 14.4. The Hall–Kier alpha value is -0.520.